The minimum atomic E-state index is -0.739. The van der Waals surface area contributed by atoms with E-state index >= 15 is 0 Å². The maximum atomic E-state index is 10.2. The van der Waals surface area contributed by atoms with Crippen molar-refractivity contribution in [2.45, 2.75) is 32.8 Å². The second-order valence-corrected chi connectivity index (χ2v) is 5.90. The maximum absolute atomic E-state index is 10.2. The van der Waals surface area contributed by atoms with Gasteiger partial charge in [-0.25, -0.2) is 4.98 Å². The second kappa shape index (κ2) is 5.69. The summed E-state index contributed by atoms with van der Waals surface area (Å²) in [6, 6.07) is 1.78. The highest BCUT2D eigenvalue weighted by atomic mass is 79.9. The molecule has 1 aromatic rings. The number of hydrogen-bond acceptors (Lipinski definition) is 4. The molecule has 0 radical (unpaired) electrons. The maximum Gasteiger partial charge on any atom is 0.140 e. The molecular formula is C12H20BrN3O. The summed E-state index contributed by atoms with van der Waals surface area (Å²) in [5.74, 6) is 1.15. The molecule has 0 saturated carbocycles. The topological polar surface area (TPSA) is 71.2 Å². The highest BCUT2D eigenvalue weighted by Gasteiger charge is 2.21. The second-order valence-electron chi connectivity index (χ2n) is 5.05. The fraction of sp³-hybridized carbons (Fsp3) is 0.583. The van der Waals surface area contributed by atoms with Gasteiger partial charge in [0.1, 0.15) is 5.82 Å². The molecule has 0 aliphatic carbocycles. The molecule has 1 atom stereocenters. The number of nitrogens with two attached hydrogens (primary N) is 1. The zero-order valence-electron chi connectivity index (χ0n) is 10.5. The molecule has 0 amide bonds. The average molecular weight is 302 g/mol. The Kier molecular flexibility index (Phi) is 4.77. The van der Waals surface area contributed by atoms with Crippen LogP contribution < -0.4 is 11.1 Å². The molecule has 0 bridgehead atoms. The third kappa shape index (κ3) is 4.91. The van der Waals surface area contributed by atoms with E-state index in [0.717, 1.165) is 10.9 Å². The van der Waals surface area contributed by atoms with Crippen molar-refractivity contribution in [3.63, 3.8) is 0 Å². The number of nitrogens with zero attached hydrogens (tertiary/aromatic N) is 1. The minimum absolute atomic E-state index is 0.453. The molecule has 1 unspecified atom stereocenters. The Bertz CT molecular complexity index is 380. The Morgan fingerprint density at radius 3 is 2.76 bits per heavy atom. The van der Waals surface area contributed by atoms with E-state index in [1.807, 2.05) is 6.92 Å². The van der Waals surface area contributed by atoms with Crippen molar-refractivity contribution in [1.29, 1.82) is 0 Å². The van der Waals surface area contributed by atoms with Crippen LogP contribution in [0.2, 0.25) is 0 Å². The van der Waals surface area contributed by atoms with Crippen molar-refractivity contribution in [3.8, 4) is 0 Å². The van der Waals surface area contributed by atoms with Crippen LogP contribution in [0.25, 0.3) is 0 Å². The predicted octanol–water partition coefficient (Wildman–Crippen LogP) is 2.64. The summed E-state index contributed by atoms with van der Waals surface area (Å²) in [7, 11) is 0. The van der Waals surface area contributed by atoms with E-state index in [-0.39, 0.29) is 0 Å². The van der Waals surface area contributed by atoms with Crippen LogP contribution in [0.1, 0.15) is 27.2 Å². The van der Waals surface area contributed by atoms with Crippen molar-refractivity contribution in [2.24, 2.45) is 5.92 Å². The van der Waals surface area contributed by atoms with E-state index in [1.54, 1.807) is 12.3 Å². The lowest BCUT2D eigenvalue weighted by molar-refractivity contribution is 0.0514. The molecule has 4 N–H and O–H groups in total. The standard InChI is InChI=1S/C12H20BrN3O/c1-8(2)5-12(3,17)7-16-11-10(13)4-9(14)6-15-11/h4,6,8,17H,5,7,14H2,1-3H3,(H,15,16). The normalized spacial score (nSPS) is 14.7. The fourth-order valence-corrected chi connectivity index (χ4v) is 2.32. The first-order valence-electron chi connectivity index (χ1n) is 5.67. The molecular weight excluding hydrogens is 282 g/mol. The van der Waals surface area contributed by atoms with E-state index in [4.69, 9.17) is 5.73 Å². The van der Waals surface area contributed by atoms with Crippen LogP contribution in [0.3, 0.4) is 0 Å². The first-order valence-corrected chi connectivity index (χ1v) is 6.47. The van der Waals surface area contributed by atoms with Gasteiger partial charge in [-0.15, -0.1) is 0 Å². The number of anilines is 2. The Hall–Kier alpha value is -0.810. The highest BCUT2D eigenvalue weighted by Crippen LogP contribution is 2.23. The molecule has 0 aliphatic rings. The molecule has 17 heavy (non-hydrogen) atoms. The SMILES string of the molecule is CC(C)CC(C)(O)CNc1ncc(N)cc1Br. The first kappa shape index (κ1) is 14.3. The van der Waals surface area contributed by atoms with Gasteiger partial charge >= 0.3 is 0 Å². The quantitative estimate of drug-likeness (QED) is 0.782. The van der Waals surface area contributed by atoms with E-state index < -0.39 is 5.60 Å². The van der Waals surface area contributed by atoms with E-state index in [1.165, 1.54) is 0 Å². The first-order chi connectivity index (χ1) is 7.80. The number of pyridine rings is 1. The predicted molar refractivity (Wildman–Crippen MR) is 74.9 cm³/mol. The minimum Gasteiger partial charge on any atom is -0.397 e. The zero-order valence-corrected chi connectivity index (χ0v) is 12.1. The molecule has 1 rings (SSSR count). The van der Waals surface area contributed by atoms with E-state index in [0.29, 0.717) is 24.0 Å². The Morgan fingerprint density at radius 1 is 1.59 bits per heavy atom. The van der Waals surface area contributed by atoms with Crippen LogP contribution in [0.15, 0.2) is 16.7 Å². The highest BCUT2D eigenvalue weighted by molar-refractivity contribution is 9.10. The van der Waals surface area contributed by atoms with Crippen molar-refractivity contribution in [3.05, 3.63) is 16.7 Å². The van der Waals surface area contributed by atoms with E-state index in [9.17, 15) is 5.11 Å². The molecule has 0 fully saturated rings. The number of halogens is 1. The molecule has 0 aliphatic heterocycles. The van der Waals surface area contributed by atoms with Gasteiger partial charge < -0.3 is 16.2 Å². The van der Waals surface area contributed by atoms with Crippen LogP contribution >= 0.6 is 15.9 Å². The van der Waals surface area contributed by atoms with Crippen molar-refractivity contribution < 1.29 is 5.11 Å². The third-order valence-corrected chi connectivity index (χ3v) is 2.95. The summed E-state index contributed by atoms with van der Waals surface area (Å²) < 4.78 is 0.804. The summed E-state index contributed by atoms with van der Waals surface area (Å²) in [4.78, 5) is 4.17. The number of aliphatic hydroxyl groups is 1. The van der Waals surface area contributed by atoms with Gasteiger partial charge in [0.05, 0.1) is 22.0 Å². The van der Waals surface area contributed by atoms with Crippen molar-refractivity contribution in [2.75, 3.05) is 17.6 Å². The van der Waals surface area contributed by atoms with Gasteiger partial charge in [0.15, 0.2) is 0 Å². The van der Waals surface area contributed by atoms with Crippen LogP contribution in [0.5, 0.6) is 0 Å². The summed E-state index contributed by atoms with van der Waals surface area (Å²) in [5, 5.41) is 13.3. The fourth-order valence-electron chi connectivity index (χ4n) is 1.81. The zero-order chi connectivity index (χ0) is 13.1. The molecule has 5 heteroatoms. The summed E-state index contributed by atoms with van der Waals surface area (Å²) >= 11 is 3.38. The lowest BCUT2D eigenvalue weighted by Gasteiger charge is -2.26. The lowest BCUT2D eigenvalue weighted by atomic mass is 9.94. The van der Waals surface area contributed by atoms with Gasteiger partial charge in [-0.1, -0.05) is 13.8 Å². The van der Waals surface area contributed by atoms with Gasteiger partial charge in [0.2, 0.25) is 0 Å². The lowest BCUT2D eigenvalue weighted by Crippen LogP contribution is -2.35. The molecule has 1 heterocycles. The number of rotatable bonds is 5. The number of nitrogens with one attached hydrogen (secondary N) is 1. The van der Waals surface area contributed by atoms with Crippen LogP contribution in [0, 0.1) is 5.92 Å². The van der Waals surface area contributed by atoms with Crippen molar-refractivity contribution >= 4 is 27.4 Å². The number of aromatic nitrogens is 1. The molecule has 0 aromatic carbocycles. The monoisotopic (exact) mass is 301 g/mol. The summed E-state index contributed by atoms with van der Waals surface area (Å²) in [6.45, 7) is 6.46. The Morgan fingerprint density at radius 2 is 2.24 bits per heavy atom. The smallest absolute Gasteiger partial charge is 0.140 e. The van der Waals surface area contributed by atoms with Gasteiger partial charge in [-0.3, -0.25) is 0 Å². The Balaban J connectivity index is 2.61. The van der Waals surface area contributed by atoms with Gasteiger partial charge in [0, 0.05) is 6.54 Å². The molecule has 1 aromatic heterocycles. The molecule has 96 valence electrons. The summed E-state index contributed by atoms with van der Waals surface area (Å²) in [5.41, 5.74) is 5.47. The average Bonchev–Trinajstić information content (AvgIpc) is 2.14. The van der Waals surface area contributed by atoms with Crippen molar-refractivity contribution in [1.82, 2.24) is 4.98 Å². The van der Waals surface area contributed by atoms with Gasteiger partial charge in [0.25, 0.3) is 0 Å². The molecule has 4 nitrogen and oxygen atoms in total. The largest absolute Gasteiger partial charge is 0.397 e. The van der Waals surface area contributed by atoms with Gasteiger partial charge in [-0.05, 0) is 41.3 Å². The van der Waals surface area contributed by atoms with Crippen LogP contribution in [-0.4, -0.2) is 22.2 Å². The molecule has 0 saturated heterocycles. The Labute approximate surface area is 111 Å². The number of hydrogen-bond donors (Lipinski definition) is 3. The van der Waals surface area contributed by atoms with E-state index in [2.05, 4.69) is 40.1 Å². The molecule has 0 spiro atoms. The van der Waals surface area contributed by atoms with Crippen LogP contribution in [0.4, 0.5) is 11.5 Å². The van der Waals surface area contributed by atoms with Gasteiger partial charge in [-0.2, -0.15) is 0 Å². The third-order valence-electron chi connectivity index (χ3n) is 2.35. The van der Waals surface area contributed by atoms with Crippen LogP contribution in [-0.2, 0) is 0 Å². The summed E-state index contributed by atoms with van der Waals surface area (Å²) in [6.07, 6.45) is 2.33. The number of nitrogen functional groups attached to an aromatic ring is 1.